The van der Waals surface area contributed by atoms with E-state index >= 15 is 0 Å². The zero-order valence-corrected chi connectivity index (χ0v) is 32.1. The highest BCUT2D eigenvalue weighted by molar-refractivity contribution is 5.86. The van der Waals surface area contributed by atoms with Gasteiger partial charge in [0.1, 0.15) is 17.7 Å². The fourth-order valence-electron chi connectivity index (χ4n) is 9.24. The molecule has 290 valence electrons. The highest BCUT2D eigenvalue weighted by Crippen LogP contribution is 2.56. The lowest BCUT2D eigenvalue weighted by Gasteiger charge is -2.30. The number of nitrogens with two attached hydrogens (primary N) is 1. The number of aromatic amines is 2. The summed E-state index contributed by atoms with van der Waals surface area (Å²) in [5.74, 6) is 2.30. The van der Waals surface area contributed by atoms with Gasteiger partial charge in [0.2, 0.25) is 11.8 Å². The van der Waals surface area contributed by atoms with Gasteiger partial charge in [-0.2, -0.15) is 0 Å². The second-order valence-electron chi connectivity index (χ2n) is 15.9. The summed E-state index contributed by atoms with van der Waals surface area (Å²) in [4.78, 5) is 57.5. The Morgan fingerprint density at radius 1 is 0.839 bits per heavy atom. The SMILES string of the molecule is COC(=O)N[C@H](C(=O)N1CCC[C@H]1c1ncc(-c2ccc(-c3ccc(-c4cnc([C@H]5C6CCC(C6)[C@@H]5C(=O)NCc5ccccc5N)[nH]4)cc3)cc2)[nH]1)C(C)C. The number of carbonyl (C=O) groups excluding carboxylic acids is 3. The van der Waals surface area contributed by atoms with Crippen LogP contribution in [-0.2, 0) is 20.9 Å². The third-order valence-corrected chi connectivity index (χ3v) is 12.2. The predicted molar refractivity (Wildman–Crippen MR) is 215 cm³/mol. The Morgan fingerprint density at radius 3 is 2.09 bits per heavy atom. The molecule has 12 nitrogen and oxygen atoms in total. The number of amides is 3. The summed E-state index contributed by atoms with van der Waals surface area (Å²) in [6, 6.07) is 23.6. The fraction of sp³-hybridized carbons (Fsp3) is 0.386. The van der Waals surface area contributed by atoms with Crippen LogP contribution >= 0.6 is 0 Å². The molecule has 2 bridgehead atoms. The lowest BCUT2D eigenvalue weighted by molar-refractivity contribution is -0.135. The van der Waals surface area contributed by atoms with Gasteiger partial charge in [-0.25, -0.2) is 14.8 Å². The molecule has 56 heavy (non-hydrogen) atoms. The van der Waals surface area contributed by atoms with E-state index in [0.29, 0.717) is 30.6 Å². The molecule has 5 aromatic rings. The van der Waals surface area contributed by atoms with E-state index < -0.39 is 12.1 Å². The zero-order valence-electron chi connectivity index (χ0n) is 32.1. The Bertz CT molecular complexity index is 2190. The summed E-state index contributed by atoms with van der Waals surface area (Å²) in [5, 5.41) is 5.88. The Labute approximate surface area is 327 Å². The molecule has 0 spiro atoms. The number of fused-ring (bicyclic) bond motifs is 2. The van der Waals surface area contributed by atoms with Crippen molar-refractivity contribution < 1.29 is 19.1 Å². The number of hydrogen-bond acceptors (Lipinski definition) is 7. The topological polar surface area (TPSA) is 171 Å². The van der Waals surface area contributed by atoms with Crippen LogP contribution in [0.5, 0.6) is 0 Å². The van der Waals surface area contributed by atoms with Crippen LogP contribution in [0.15, 0.2) is 85.2 Å². The van der Waals surface area contributed by atoms with Crippen LogP contribution in [0.3, 0.4) is 0 Å². The number of benzene rings is 3. The normalized spacial score (nSPS) is 22.0. The first-order chi connectivity index (χ1) is 27.2. The Morgan fingerprint density at radius 2 is 1.45 bits per heavy atom. The second kappa shape index (κ2) is 15.7. The molecule has 1 aliphatic heterocycles. The van der Waals surface area contributed by atoms with Gasteiger partial charge in [-0.15, -0.1) is 0 Å². The molecule has 8 rings (SSSR count). The molecule has 2 unspecified atom stereocenters. The van der Waals surface area contributed by atoms with E-state index in [1.54, 1.807) is 0 Å². The van der Waals surface area contributed by atoms with Gasteiger partial charge < -0.3 is 36.0 Å². The predicted octanol–water partition coefficient (Wildman–Crippen LogP) is 7.21. The maximum absolute atomic E-state index is 13.6. The average Bonchev–Trinajstić information content (AvgIpc) is 4.08. The van der Waals surface area contributed by atoms with E-state index in [1.165, 1.54) is 7.11 Å². The number of para-hydroxylation sites is 1. The first-order valence-corrected chi connectivity index (χ1v) is 19.8. The number of aromatic nitrogens is 4. The van der Waals surface area contributed by atoms with Gasteiger partial charge in [-0.05, 0) is 83.7 Å². The number of alkyl carbamates (subject to hydrolysis) is 1. The van der Waals surface area contributed by atoms with Crippen molar-refractivity contribution in [1.29, 1.82) is 0 Å². The van der Waals surface area contributed by atoms with Crippen LogP contribution in [0.4, 0.5) is 10.5 Å². The van der Waals surface area contributed by atoms with Gasteiger partial charge in [0.05, 0.1) is 42.9 Å². The van der Waals surface area contributed by atoms with Crippen molar-refractivity contribution in [1.82, 2.24) is 35.5 Å². The molecule has 3 fully saturated rings. The number of methoxy groups -OCH3 is 1. The van der Waals surface area contributed by atoms with Crippen LogP contribution in [0, 0.1) is 23.7 Å². The summed E-state index contributed by atoms with van der Waals surface area (Å²) in [7, 11) is 1.30. The molecule has 3 aliphatic rings. The van der Waals surface area contributed by atoms with Crippen molar-refractivity contribution in [2.45, 2.75) is 70.5 Å². The number of nitrogens with one attached hydrogen (secondary N) is 4. The van der Waals surface area contributed by atoms with E-state index in [1.807, 2.05) is 55.4 Å². The molecule has 6 atom stereocenters. The van der Waals surface area contributed by atoms with E-state index in [4.69, 9.17) is 15.5 Å². The number of rotatable bonds is 11. The van der Waals surface area contributed by atoms with E-state index in [2.05, 4.69) is 74.1 Å². The Hall–Kier alpha value is -5.91. The summed E-state index contributed by atoms with van der Waals surface area (Å²) in [6.07, 6.45) is 8.03. The number of nitrogens with zero attached hydrogens (tertiary/aromatic N) is 3. The van der Waals surface area contributed by atoms with E-state index in [0.717, 1.165) is 83.0 Å². The third kappa shape index (κ3) is 7.27. The standard InChI is InChI=1S/C44H50N8O4/c1-25(2)39(51-44(55)56-3)43(54)52-20-6-9-36(52)40-46-23-34(49-40)28-14-10-26(11-15-28)27-12-16-29(17-13-27)35-24-47-41(50-35)37-30-18-19-31(21-30)38(37)42(53)48-22-32-7-4-5-8-33(32)45/h4-5,7-8,10-17,23-25,30-31,36-39H,6,9,18-22,45H2,1-3H3,(H,46,49)(H,47,50)(H,48,53)(H,51,55)/t30?,31?,36-,37-,38-,39-/m0/s1. The molecule has 3 aromatic carbocycles. The van der Waals surface area contributed by atoms with Gasteiger partial charge in [-0.1, -0.05) is 80.6 Å². The number of likely N-dealkylation sites (tertiary alicyclic amines) is 1. The van der Waals surface area contributed by atoms with Crippen molar-refractivity contribution in [3.05, 3.63) is 102 Å². The number of nitrogen functional groups attached to an aromatic ring is 1. The average molecular weight is 755 g/mol. The fourth-order valence-corrected chi connectivity index (χ4v) is 9.24. The highest BCUT2D eigenvalue weighted by atomic mass is 16.5. The van der Waals surface area contributed by atoms with E-state index in [-0.39, 0.29) is 35.6 Å². The molecule has 2 aliphatic carbocycles. The van der Waals surface area contributed by atoms with E-state index in [9.17, 15) is 14.4 Å². The maximum atomic E-state index is 13.6. The quantitative estimate of drug-likeness (QED) is 0.0888. The monoisotopic (exact) mass is 754 g/mol. The van der Waals surface area contributed by atoms with Crippen LogP contribution in [0.2, 0.25) is 0 Å². The number of anilines is 1. The van der Waals surface area contributed by atoms with Crippen molar-refractivity contribution >= 4 is 23.6 Å². The van der Waals surface area contributed by atoms with Gasteiger partial charge in [0, 0.05) is 24.7 Å². The highest BCUT2D eigenvalue weighted by Gasteiger charge is 2.52. The third-order valence-electron chi connectivity index (χ3n) is 12.2. The minimum atomic E-state index is -0.678. The van der Waals surface area contributed by atoms with Crippen molar-refractivity contribution in [3.8, 4) is 33.6 Å². The largest absolute Gasteiger partial charge is 0.453 e. The van der Waals surface area contributed by atoms with Gasteiger partial charge >= 0.3 is 6.09 Å². The Balaban J connectivity index is 0.918. The second-order valence-corrected chi connectivity index (χ2v) is 15.9. The lowest BCUT2D eigenvalue weighted by atomic mass is 9.78. The van der Waals surface area contributed by atoms with Crippen LogP contribution < -0.4 is 16.4 Å². The molecular weight excluding hydrogens is 705 g/mol. The Kier molecular flexibility index (Phi) is 10.4. The number of carbonyl (C=O) groups is 3. The minimum Gasteiger partial charge on any atom is -0.453 e. The number of ether oxygens (including phenoxy) is 1. The molecule has 2 saturated carbocycles. The van der Waals surface area contributed by atoms with Crippen LogP contribution in [-0.4, -0.2) is 62.4 Å². The number of H-pyrrole nitrogens is 2. The summed E-state index contributed by atoms with van der Waals surface area (Å²) < 4.78 is 4.76. The first-order valence-electron chi connectivity index (χ1n) is 19.8. The molecule has 3 heterocycles. The smallest absolute Gasteiger partial charge is 0.407 e. The summed E-state index contributed by atoms with van der Waals surface area (Å²) in [5.41, 5.74) is 13.8. The molecule has 2 aromatic heterocycles. The lowest BCUT2D eigenvalue weighted by Crippen LogP contribution is -2.51. The molecule has 0 radical (unpaired) electrons. The van der Waals surface area contributed by atoms with Crippen LogP contribution in [0.25, 0.3) is 33.6 Å². The molecule has 1 saturated heterocycles. The van der Waals surface area contributed by atoms with Gasteiger partial charge in [0.15, 0.2) is 0 Å². The van der Waals surface area contributed by atoms with Crippen molar-refractivity contribution in [2.75, 3.05) is 19.4 Å². The summed E-state index contributed by atoms with van der Waals surface area (Å²) >= 11 is 0. The number of imidazole rings is 2. The zero-order chi connectivity index (χ0) is 38.9. The molecule has 3 amide bonds. The van der Waals surface area contributed by atoms with Crippen molar-refractivity contribution in [2.24, 2.45) is 23.7 Å². The summed E-state index contributed by atoms with van der Waals surface area (Å²) in [6.45, 7) is 4.85. The van der Waals surface area contributed by atoms with Crippen LogP contribution in [0.1, 0.15) is 75.1 Å². The van der Waals surface area contributed by atoms with Crippen molar-refractivity contribution in [3.63, 3.8) is 0 Å². The molecule has 12 heteroatoms. The molecular formula is C44H50N8O4. The minimum absolute atomic E-state index is 0.0755. The van der Waals surface area contributed by atoms with Gasteiger partial charge in [0.25, 0.3) is 0 Å². The molecule has 6 N–H and O–H groups in total. The maximum Gasteiger partial charge on any atom is 0.407 e. The first kappa shape index (κ1) is 37.0. The van der Waals surface area contributed by atoms with Gasteiger partial charge in [-0.3, -0.25) is 9.59 Å². The number of hydrogen-bond donors (Lipinski definition) is 5.